The largest absolute Gasteiger partial charge is 0.508 e. The van der Waals surface area contributed by atoms with E-state index in [1.54, 1.807) is 35.2 Å². The number of aryl methyl sites for hydroxylation is 1. The molecule has 0 amide bonds. The van der Waals surface area contributed by atoms with Crippen molar-refractivity contribution in [3.05, 3.63) is 40.9 Å². The first-order valence-corrected chi connectivity index (χ1v) is 6.18. The quantitative estimate of drug-likeness (QED) is 0.629. The first-order chi connectivity index (χ1) is 9.67. The Kier molecular flexibility index (Phi) is 2.86. The third-order valence-corrected chi connectivity index (χ3v) is 2.95. The number of H-pyrrole nitrogens is 1. The van der Waals surface area contributed by atoms with Gasteiger partial charge in [-0.05, 0) is 31.2 Å². The number of hydrogen-bond acceptors (Lipinski definition) is 5. The Balaban J connectivity index is 2.01. The summed E-state index contributed by atoms with van der Waals surface area (Å²) in [6.45, 7) is 2.59. The highest BCUT2D eigenvalue weighted by atomic mass is 16.3. The SMILES string of the molecule is CCn1cnc2nc(Nc3ccc(O)cc3)[nH]c(=O)c21. The molecular formula is C13H13N5O2. The Labute approximate surface area is 113 Å². The van der Waals surface area contributed by atoms with Gasteiger partial charge in [-0.2, -0.15) is 4.98 Å². The Hall–Kier alpha value is -2.83. The van der Waals surface area contributed by atoms with Crippen molar-refractivity contribution in [1.82, 2.24) is 19.5 Å². The second-order valence-corrected chi connectivity index (χ2v) is 4.29. The zero-order valence-corrected chi connectivity index (χ0v) is 10.8. The Morgan fingerprint density at radius 1 is 1.35 bits per heavy atom. The van der Waals surface area contributed by atoms with Crippen LogP contribution in [0, 0.1) is 0 Å². The van der Waals surface area contributed by atoms with E-state index in [2.05, 4.69) is 20.3 Å². The monoisotopic (exact) mass is 271 g/mol. The number of fused-ring (bicyclic) bond motifs is 1. The fourth-order valence-corrected chi connectivity index (χ4v) is 1.97. The minimum atomic E-state index is -0.240. The number of anilines is 2. The summed E-state index contributed by atoms with van der Waals surface area (Å²) in [6.07, 6.45) is 1.59. The summed E-state index contributed by atoms with van der Waals surface area (Å²) < 4.78 is 1.74. The van der Waals surface area contributed by atoms with E-state index < -0.39 is 0 Å². The molecule has 3 N–H and O–H groups in total. The van der Waals surface area contributed by atoms with E-state index in [0.29, 0.717) is 29.3 Å². The molecule has 0 aliphatic carbocycles. The molecule has 0 bridgehead atoms. The number of nitrogens with zero attached hydrogens (tertiary/aromatic N) is 3. The number of aromatic amines is 1. The van der Waals surface area contributed by atoms with Crippen LogP contribution < -0.4 is 10.9 Å². The summed E-state index contributed by atoms with van der Waals surface area (Å²) >= 11 is 0. The molecule has 0 spiro atoms. The van der Waals surface area contributed by atoms with Crippen LogP contribution in [-0.2, 0) is 6.54 Å². The number of benzene rings is 1. The van der Waals surface area contributed by atoms with Gasteiger partial charge in [0.2, 0.25) is 5.95 Å². The highest BCUT2D eigenvalue weighted by molar-refractivity contribution is 5.71. The van der Waals surface area contributed by atoms with Crippen LogP contribution >= 0.6 is 0 Å². The lowest BCUT2D eigenvalue weighted by atomic mass is 10.3. The molecule has 2 aromatic heterocycles. The standard InChI is InChI=1S/C13H13N5O2/c1-2-18-7-14-11-10(18)12(20)17-13(16-11)15-8-3-5-9(19)6-4-8/h3-7,19H,2H2,1H3,(H2,15,16,17,20). The second-order valence-electron chi connectivity index (χ2n) is 4.29. The van der Waals surface area contributed by atoms with E-state index in [1.165, 1.54) is 0 Å². The van der Waals surface area contributed by atoms with Gasteiger partial charge in [0, 0.05) is 12.2 Å². The van der Waals surface area contributed by atoms with Gasteiger partial charge in [0.05, 0.1) is 6.33 Å². The topological polar surface area (TPSA) is 95.8 Å². The number of rotatable bonds is 3. The van der Waals surface area contributed by atoms with Crippen LogP contribution in [0.5, 0.6) is 5.75 Å². The van der Waals surface area contributed by atoms with Gasteiger partial charge < -0.3 is 15.0 Å². The summed E-state index contributed by atoms with van der Waals surface area (Å²) in [7, 11) is 0. The number of aromatic nitrogens is 4. The van der Waals surface area contributed by atoms with Crippen molar-refractivity contribution in [2.75, 3.05) is 5.32 Å². The lowest BCUT2D eigenvalue weighted by Crippen LogP contribution is -2.14. The maximum atomic E-state index is 12.0. The van der Waals surface area contributed by atoms with Gasteiger partial charge in [-0.25, -0.2) is 4.98 Å². The predicted octanol–water partition coefficient (Wildman–Crippen LogP) is 1.59. The van der Waals surface area contributed by atoms with Crippen molar-refractivity contribution in [3.8, 4) is 5.75 Å². The summed E-state index contributed by atoms with van der Waals surface area (Å²) in [6, 6.07) is 6.46. The molecule has 20 heavy (non-hydrogen) atoms. The average molecular weight is 271 g/mol. The normalized spacial score (nSPS) is 10.8. The highest BCUT2D eigenvalue weighted by Gasteiger charge is 2.09. The van der Waals surface area contributed by atoms with Gasteiger partial charge in [0.15, 0.2) is 11.2 Å². The third-order valence-electron chi connectivity index (χ3n) is 2.95. The van der Waals surface area contributed by atoms with Crippen molar-refractivity contribution < 1.29 is 5.11 Å². The maximum Gasteiger partial charge on any atom is 0.278 e. The summed E-state index contributed by atoms with van der Waals surface area (Å²) in [5.74, 6) is 0.490. The molecule has 0 unspecified atom stereocenters. The number of nitrogens with one attached hydrogen (secondary N) is 2. The van der Waals surface area contributed by atoms with Gasteiger partial charge in [0.1, 0.15) is 5.75 Å². The molecule has 0 fully saturated rings. The van der Waals surface area contributed by atoms with Crippen molar-refractivity contribution in [3.63, 3.8) is 0 Å². The molecular weight excluding hydrogens is 258 g/mol. The van der Waals surface area contributed by atoms with Crippen molar-refractivity contribution in [1.29, 1.82) is 0 Å². The summed E-state index contributed by atoms with van der Waals surface area (Å²) in [4.78, 5) is 23.1. The van der Waals surface area contributed by atoms with Crippen LogP contribution in [0.1, 0.15) is 6.92 Å². The van der Waals surface area contributed by atoms with Crippen LogP contribution in [0.3, 0.4) is 0 Å². The van der Waals surface area contributed by atoms with E-state index in [-0.39, 0.29) is 11.3 Å². The molecule has 0 aliphatic heterocycles. The molecule has 0 radical (unpaired) electrons. The molecule has 3 aromatic rings. The number of hydrogen-bond donors (Lipinski definition) is 3. The minimum absolute atomic E-state index is 0.175. The zero-order chi connectivity index (χ0) is 14.1. The van der Waals surface area contributed by atoms with Gasteiger partial charge in [0.25, 0.3) is 5.56 Å². The van der Waals surface area contributed by atoms with Crippen LogP contribution in [0.4, 0.5) is 11.6 Å². The van der Waals surface area contributed by atoms with Crippen LogP contribution in [0.15, 0.2) is 35.4 Å². The fraction of sp³-hybridized carbons (Fsp3) is 0.154. The van der Waals surface area contributed by atoms with E-state index >= 15 is 0 Å². The van der Waals surface area contributed by atoms with Crippen LogP contribution in [0.25, 0.3) is 11.2 Å². The van der Waals surface area contributed by atoms with E-state index in [4.69, 9.17) is 0 Å². The number of phenols is 1. The maximum absolute atomic E-state index is 12.0. The summed E-state index contributed by atoms with van der Waals surface area (Å²) in [5, 5.41) is 12.2. The van der Waals surface area contributed by atoms with Crippen molar-refractivity contribution >= 4 is 22.8 Å². The third kappa shape index (κ3) is 2.09. The van der Waals surface area contributed by atoms with Gasteiger partial charge in [-0.3, -0.25) is 9.78 Å². The molecule has 3 rings (SSSR count). The van der Waals surface area contributed by atoms with Gasteiger partial charge in [-0.1, -0.05) is 0 Å². The molecule has 1 aromatic carbocycles. The number of imidazole rings is 1. The molecule has 102 valence electrons. The van der Waals surface area contributed by atoms with E-state index in [0.717, 1.165) is 0 Å². The van der Waals surface area contributed by atoms with Crippen molar-refractivity contribution in [2.24, 2.45) is 0 Å². The van der Waals surface area contributed by atoms with Crippen LogP contribution in [-0.4, -0.2) is 24.6 Å². The average Bonchev–Trinajstić information content (AvgIpc) is 2.85. The zero-order valence-electron chi connectivity index (χ0n) is 10.8. The fourth-order valence-electron chi connectivity index (χ4n) is 1.97. The van der Waals surface area contributed by atoms with E-state index in [1.807, 2.05) is 6.92 Å². The predicted molar refractivity (Wildman–Crippen MR) is 75.2 cm³/mol. The minimum Gasteiger partial charge on any atom is -0.508 e. The number of phenolic OH excluding ortho intramolecular Hbond substituents is 1. The van der Waals surface area contributed by atoms with Gasteiger partial charge in [-0.15, -0.1) is 0 Å². The van der Waals surface area contributed by atoms with Crippen molar-refractivity contribution in [2.45, 2.75) is 13.5 Å². The van der Waals surface area contributed by atoms with Crippen LogP contribution in [0.2, 0.25) is 0 Å². The molecule has 0 aliphatic rings. The number of aromatic hydroxyl groups is 1. The molecule has 2 heterocycles. The smallest absolute Gasteiger partial charge is 0.278 e. The molecule has 7 heteroatoms. The Morgan fingerprint density at radius 3 is 2.80 bits per heavy atom. The Morgan fingerprint density at radius 2 is 2.10 bits per heavy atom. The highest BCUT2D eigenvalue weighted by Crippen LogP contribution is 2.17. The molecule has 7 nitrogen and oxygen atoms in total. The molecule has 0 saturated carbocycles. The van der Waals surface area contributed by atoms with E-state index in [9.17, 15) is 9.90 Å². The Bertz CT molecular complexity index is 804. The lowest BCUT2D eigenvalue weighted by molar-refractivity contribution is 0.475. The first kappa shape index (κ1) is 12.2. The lowest BCUT2D eigenvalue weighted by Gasteiger charge is -2.05. The molecule has 0 atom stereocenters. The molecule has 0 saturated heterocycles. The first-order valence-electron chi connectivity index (χ1n) is 6.18. The van der Waals surface area contributed by atoms with Gasteiger partial charge >= 0.3 is 0 Å². The summed E-state index contributed by atoms with van der Waals surface area (Å²) in [5.41, 5.74) is 1.33. The second kappa shape index (κ2) is 4.69.